The molecule has 86 valence electrons. The second kappa shape index (κ2) is 3.76. The molecule has 6 heteroatoms. The molecule has 1 heterocycles. The van der Waals surface area contributed by atoms with Gasteiger partial charge in [0.15, 0.2) is 0 Å². The minimum absolute atomic E-state index is 0.490. The van der Waals surface area contributed by atoms with Gasteiger partial charge in [-0.3, -0.25) is 4.68 Å². The Bertz CT molecular complexity index is 531. The number of alkyl halides is 3. The third kappa shape index (κ3) is 2.21. The van der Waals surface area contributed by atoms with Crippen LogP contribution in [0.3, 0.4) is 0 Å². The fraction of sp³-hybridized carbons (Fsp3) is 0.300. The van der Waals surface area contributed by atoms with Crippen LogP contribution in [0.1, 0.15) is 5.56 Å². The van der Waals surface area contributed by atoms with E-state index in [9.17, 15) is 13.2 Å². The van der Waals surface area contributed by atoms with Crippen molar-refractivity contribution in [1.82, 2.24) is 9.78 Å². The summed E-state index contributed by atoms with van der Waals surface area (Å²) in [7, 11) is 0. The van der Waals surface area contributed by atoms with Crippen LogP contribution in [0.25, 0.3) is 10.9 Å². The number of rotatable bonds is 1. The van der Waals surface area contributed by atoms with Gasteiger partial charge in [-0.2, -0.15) is 18.3 Å². The maximum absolute atomic E-state index is 12.3. The van der Waals surface area contributed by atoms with Crippen molar-refractivity contribution in [1.29, 1.82) is 0 Å². The van der Waals surface area contributed by atoms with Crippen LogP contribution in [0.4, 0.5) is 13.2 Å². The van der Waals surface area contributed by atoms with E-state index in [-0.39, 0.29) is 0 Å². The molecule has 0 aliphatic heterocycles. The lowest BCUT2D eigenvalue weighted by molar-refractivity contribution is -0.141. The van der Waals surface area contributed by atoms with Gasteiger partial charge in [-0.1, -0.05) is 15.9 Å². The quantitative estimate of drug-likeness (QED) is 0.784. The molecule has 0 amide bonds. The molecule has 0 aliphatic carbocycles. The zero-order valence-corrected chi connectivity index (χ0v) is 9.93. The molecule has 1 aromatic carbocycles. The number of nitrogens with zero attached hydrogens (tertiary/aromatic N) is 2. The van der Waals surface area contributed by atoms with Gasteiger partial charge in [0.05, 0.1) is 11.7 Å². The van der Waals surface area contributed by atoms with E-state index in [4.69, 9.17) is 0 Å². The van der Waals surface area contributed by atoms with Crippen molar-refractivity contribution in [3.05, 3.63) is 28.4 Å². The molecule has 0 N–H and O–H groups in total. The van der Waals surface area contributed by atoms with Gasteiger partial charge in [0, 0.05) is 9.86 Å². The van der Waals surface area contributed by atoms with Gasteiger partial charge in [-0.05, 0) is 24.6 Å². The largest absolute Gasteiger partial charge is 0.408 e. The first kappa shape index (κ1) is 11.4. The van der Waals surface area contributed by atoms with Crippen LogP contribution in [0.15, 0.2) is 22.8 Å². The lowest BCUT2D eigenvalue weighted by atomic mass is 10.1. The molecular weight excluding hydrogens is 285 g/mol. The van der Waals surface area contributed by atoms with Crippen molar-refractivity contribution < 1.29 is 13.2 Å². The van der Waals surface area contributed by atoms with Gasteiger partial charge in [0.25, 0.3) is 0 Å². The van der Waals surface area contributed by atoms with Gasteiger partial charge in [-0.25, -0.2) is 0 Å². The topological polar surface area (TPSA) is 17.8 Å². The number of fused-ring (bicyclic) bond motifs is 1. The summed E-state index contributed by atoms with van der Waals surface area (Å²) in [6.45, 7) is 0.777. The van der Waals surface area contributed by atoms with Crippen LogP contribution in [0.5, 0.6) is 0 Å². The summed E-state index contributed by atoms with van der Waals surface area (Å²) >= 11 is 3.26. The summed E-state index contributed by atoms with van der Waals surface area (Å²) in [5.41, 5.74) is 1.39. The number of hydrogen-bond acceptors (Lipinski definition) is 1. The number of aryl methyl sites for hydroxylation is 1. The molecule has 2 rings (SSSR count). The van der Waals surface area contributed by atoms with E-state index in [1.807, 2.05) is 13.0 Å². The maximum atomic E-state index is 12.3. The lowest BCUT2D eigenvalue weighted by Crippen LogP contribution is -2.18. The van der Waals surface area contributed by atoms with Crippen LogP contribution in [0, 0.1) is 6.92 Å². The minimum atomic E-state index is -4.25. The van der Waals surface area contributed by atoms with E-state index in [1.54, 1.807) is 6.07 Å². The number of halogens is 4. The molecule has 1 aromatic heterocycles. The van der Waals surface area contributed by atoms with E-state index in [1.165, 1.54) is 6.20 Å². The van der Waals surface area contributed by atoms with E-state index in [2.05, 4.69) is 21.0 Å². The van der Waals surface area contributed by atoms with Crippen LogP contribution in [-0.4, -0.2) is 16.0 Å². The molecule has 2 aromatic rings. The molecule has 0 fully saturated rings. The Morgan fingerprint density at radius 1 is 1.38 bits per heavy atom. The standard InChI is InChI=1S/C10H8BrF3N2/c1-6-2-7(11)3-9-8(6)4-15-16(9)5-10(12,13)14/h2-4H,5H2,1H3. The Balaban J connectivity index is 2.56. The van der Waals surface area contributed by atoms with E-state index < -0.39 is 12.7 Å². The number of hydrogen-bond donors (Lipinski definition) is 0. The summed E-state index contributed by atoms with van der Waals surface area (Å²) in [4.78, 5) is 0. The molecule has 0 unspecified atom stereocenters. The molecule has 2 nitrogen and oxygen atoms in total. The second-order valence-electron chi connectivity index (χ2n) is 3.57. The van der Waals surface area contributed by atoms with Crippen molar-refractivity contribution in [3.8, 4) is 0 Å². The fourth-order valence-electron chi connectivity index (χ4n) is 1.60. The summed E-state index contributed by atoms with van der Waals surface area (Å²) in [5, 5.41) is 4.50. The first-order chi connectivity index (χ1) is 7.37. The van der Waals surface area contributed by atoms with Gasteiger partial charge in [0.2, 0.25) is 0 Å². The lowest BCUT2D eigenvalue weighted by Gasteiger charge is -2.08. The van der Waals surface area contributed by atoms with E-state index >= 15 is 0 Å². The zero-order valence-electron chi connectivity index (χ0n) is 8.35. The monoisotopic (exact) mass is 292 g/mol. The highest BCUT2D eigenvalue weighted by Crippen LogP contribution is 2.26. The third-order valence-electron chi connectivity index (χ3n) is 2.26. The van der Waals surface area contributed by atoms with Crippen LogP contribution in [0.2, 0.25) is 0 Å². The Kier molecular flexibility index (Phi) is 2.69. The molecule has 16 heavy (non-hydrogen) atoms. The number of benzene rings is 1. The highest BCUT2D eigenvalue weighted by Gasteiger charge is 2.29. The van der Waals surface area contributed by atoms with E-state index in [0.717, 1.165) is 20.1 Å². The zero-order chi connectivity index (χ0) is 11.9. The van der Waals surface area contributed by atoms with Gasteiger partial charge < -0.3 is 0 Å². The predicted octanol–water partition coefficient (Wildman–Crippen LogP) is 3.67. The summed E-state index contributed by atoms with van der Waals surface area (Å²) < 4.78 is 38.5. The Hall–Kier alpha value is -1.04. The molecule has 0 aliphatic rings. The summed E-state index contributed by atoms with van der Waals surface area (Å²) in [6.07, 6.45) is -2.79. The highest BCUT2D eigenvalue weighted by molar-refractivity contribution is 9.10. The first-order valence-corrected chi connectivity index (χ1v) is 5.34. The Morgan fingerprint density at radius 2 is 2.06 bits per heavy atom. The van der Waals surface area contributed by atoms with Gasteiger partial charge >= 0.3 is 6.18 Å². The maximum Gasteiger partial charge on any atom is 0.408 e. The van der Waals surface area contributed by atoms with Gasteiger partial charge in [0.1, 0.15) is 6.54 Å². The smallest absolute Gasteiger partial charge is 0.256 e. The molecule has 0 atom stereocenters. The normalized spacial score (nSPS) is 12.3. The molecular formula is C10H8BrF3N2. The predicted molar refractivity (Wildman–Crippen MR) is 58.2 cm³/mol. The molecule has 0 spiro atoms. The highest BCUT2D eigenvalue weighted by atomic mass is 79.9. The Labute approximate surface area is 98.2 Å². The average Bonchev–Trinajstić information content (AvgIpc) is 2.46. The SMILES string of the molecule is Cc1cc(Br)cc2c1cnn2CC(F)(F)F. The van der Waals surface area contributed by atoms with Crippen molar-refractivity contribution in [2.24, 2.45) is 0 Å². The Morgan fingerprint density at radius 3 is 2.69 bits per heavy atom. The van der Waals surface area contributed by atoms with Crippen molar-refractivity contribution in [2.75, 3.05) is 0 Å². The molecule has 0 saturated carbocycles. The average molecular weight is 293 g/mol. The molecule has 0 radical (unpaired) electrons. The van der Waals surface area contributed by atoms with Crippen LogP contribution < -0.4 is 0 Å². The van der Waals surface area contributed by atoms with Crippen LogP contribution in [-0.2, 0) is 6.54 Å². The second-order valence-corrected chi connectivity index (χ2v) is 4.49. The van der Waals surface area contributed by atoms with Crippen molar-refractivity contribution in [2.45, 2.75) is 19.6 Å². The van der Waals surface area contributed by atoms with Crippen molar-refractivity contribution in [3.63, 3.8) is 0 Å². The minimum Gasteiger partial charge on any atom is -0.256 e. The van der Waals surface area contributed by atoms with Gasteiger partial charge in [-0.15, -0.1) is 0 Å². The third-order valence-corrected chi connectivity index (χ3v) is 2.72. The summed E-state index contributed by atoms with van der Waals surface area (Å²) in [6, 6.07) is 3.49. The van der Waals surface area contributed by atoms with Crippen molar-refractivity contribution >= 4 is 26.8 Å². The first-order valence-electron chi connectivity index (χ1n) is 4.55. The fourth-order valence-corrected chi connectivity index (χ4v) is 2.16. The van der Waals surface area contributed by atoms with E-state index in [0.29, 0.717) is 5.52 Å². The molecule has 0 saturated heterocycles. The molecule has 0 bridgehead atoms. The number of aromatic nitrogens is 2. The van der Waals surface area contributed by atoms with Crippen LogP contribution >= 0.6 is 15.9 Å². The summed E-state index contributed by atoms with van der Waals surface area (Å²) in [5.74, 6) is 0.